The summed E-state index contributed by atoms with van der Waals surface area (Å²) in [6, 6.07) is 18.0. The molecule has 0 aliphatic rings. The summed E-state index contributed by atoms with van der Waals surface area (Å²) in [5.74, 6) is -1.28. The van der Waals surface area contributed by atoms with E-state index in [1.54, 1.807) is 24.3 Å². The van der Waals surface area contributed by atoms with Crippen LogP contribution in [0.25, 0.3) is 10.8 Å². The van der Waals surface area contributed by atoms with Crippen molar-refractivity contribution in [2.45, 2.75) is 9.79 Å². The number of carbonyl (C=O) groups excluding carboxylic acids is 1. The predicted octanol–water partition coefficient (Wildman–Crippen LogP) is 4.71. The molecule has 0 fully saturated rings. The fourth-order valence-corrected chi connectivity index (χ4v) is 4.32. The van der Waals surface area contributed by atoms with Crippen LogP contribution in [0.4, 0.5) is 17.1 Å². The monoisotopic (exact) mass is 527 g/mol. The lowest BCUT2D eigenvalue weighted by molar-refractivity contribution is 0.102. The SMILES string of the molecule is O=C(Nc1cccc(S(=O)(=O)O)c1)c1cc2ccccc2c(N=Nc2ccc(S(=O)(=O)O)cc2)c1O. The topological polar surface area (TPSA) is 183 Å². The maximum atomic E-state index is 13.0. The zero-order valence-corrected chi connectivity index (χ0v) is 19.7. The van der Waals surface area contributed by atoms with Gasteiger partial charge in [-0.15, -0.1) is 5.11 Å². The summed E-state index contributed by atoms with van der Waals surface area (Å²) in [5, 5.41) is 22.4. The lowest BCUT2D eigenvalue weighted by Gasteiger charge is -2.11. The van der Waals surface area contributed by atoms with Crippen molar-refractivity contribution in [3.8, 4) is 5.75 Å². The lowest BCUT2D eigenvalue weighted by atomic mass is 10.0. The molecule has 0 unspecified atom stereocenters. The van der Waals surface area contributed by atoms with Crippen molar-refractivity contribution >= 4 is 54.0 Å². The van der Waals surface area contributed by atoms with Crippen LogP contribution in [0.15, 0.2) is 98.9 Å². The molecule has 4 rings (SSSR count). The first-order chi connectivity index (χ1) is 16.9. The highest BCUT2D eigenvalue weighted by molar-refractivity contribution is 7.86. The molecule has 0 aliphatic heterocycles. The Kier molecular flexibility index (Phi) is 6.56. The molecule has 4 aromatic rings. The van der Waals surface area contributed by atoms with E-state index >= 15 is 0 Å². The van der Waals surface area contributed by atoms with Gasteiger partial charge in [-0.25, -0.2) is 0 Å². The zero-order chi connectivity index (χ0) is 26.1. The molecule has 13 heteroatoms. The molecule has 0 bridgehead atoms. The van der Waals surface area contributed by atoms with Gasteiger partial charge < -0.3 is 10.4 Å². The van der Waals surface area contributed by atoms with E-state index in [1.807, 2.05) is 0 Å². The van der Waals surface area contributed by atoms with E-state index in [4.69, 9.17) is 4.55 Å². The van der Waals surface area contributed by atoms with Crippen LogP contribution in [0.3, 0.4) is 0 Å². The molecule has 4 N–H and O–H groups in total. The minimum Gasteiger partial charge on any atom is -0.505 e. The molecule has 0 aromatic heterocycles. The van der Waals surface area contributed by atoms with E-state index in [2.05, 4.69) is 15.5 Å². The van der Waals surface area contributed by atoms with Crippen LogP contribution in [0.1, 0.15) is 10.4 Å². The summed E-state index contributed by atoms with van der Waals surface area (Å²) >= 11 is 0. The molecular weight excluding hydrogens is 510 g/mol. The Bertz CT molecular complexity index is 1730. The van der Waals surface area contributed by atoms with Gasteiger partial charge in [0, 0.05) is 11.1 Å². The average Bonchev–Trinajstić information content (AvgIpc) is 2.82. The smallest absolute Gasteiger partial charge is 0.294 e. The number of benzene rings is 4. The minimum atomic E-state index is -4.49. The summed E-state index contributed by atoms with van der Waals surface area (Å²) in [6.07, 6.45) is 0. The molecule has 4 aromatic carbocycles. The maximum absolute atomic E-state index is 13.0. The second-order valence-electron chi connectivity index (χ2n) is 7.47. The molecule has 0 heterocycles. The van der Waals surface area contributed by atoms with Gasteiger partial charge in [0.25, 0.3) is 26.1 Å². The number of anilines is 1. The molecule has 1 amide bonds. The fraction of sp³-hybridized carbons (Fsp3) is 0. The van der Waals surface area contributed by atoms with Crippen molar-refractivity contribution in [2.75, 3.05) is 5.32 Å². The number of nitrogens with zero attached hydrogens (tertiary/aromatic N) is 2. The van der Waals surface area contributed by atoms with Gasteiger partial charge in [-0.3, -0.25) is 13.9 Å². The van der Waals surface area contributed by atoms with Gasteiger partial charge in [0.05, 0.1) is 21.0 Å². The quantitative estimate of drug-likeness (QED) is 0.205. The lowest BCUT2D eigenvalue weighted by Crippen LogP contribution is -2.12. The van der Waals surface area contributed by atoms with Crippen LogP contribution in [-0.4, -0.2) is 37.0 Å². The Morgan fingerprint density at radius 1 is 0.750 bits per heavy atom. The number of phenolic OH excluding ortho intramolecular Hbond substituents is 1. The van der Waals surface area contributed by atoms with Crippen molar-refractivity contribution in [1.29, 1.82) is 0 Å². The largest absolute Gasteiger partial charge is 0.505 e. The van der Waals surface area contributed by atoms with Crippen molar-refractivity contribution < 1.29 is 35.8 Å². The first-order valence-electron chi connectivity index (χ1n) is 10.1. The van der Waals surface area contributed by atoms with Gasteiger partial charge in [-0.05, 0) is 53.9 Å². The van der Waals surface area contributed by atoms with Gasteiger partial charge >= 0.3 is 0 Å². The van der Waals surface area contributed by atoms with Crippen LogP contribution in [0.2, 0.25) is 0 Å². The first-order valence-corrected chi connectivity index (χ1v) is 12.9. The van der Waals surface area contributed by atoms with Gasteiger partial charge in [-0.1, -0.05) is 30.3 Å². The van der Waals surface area contributed by atoms with Crippen molar-refractivity contribution in [3.63, 3.8) is 0 Å². The molecule has 0 radical (unpaired) electrons. The Hall–Kier alpha value is -4.17. The number of nitrogens with one attached hydrogen (secondary N) is 1. The van der Waals surface area contributed by atoms with Gasteiger partial charge in [0.15, 0.2) is 5.75 Å². The van der Waals surface area contributed by atoms with Crippen LogP contribution in [-0.2, 0) is 20.2 Å². The van der Waals surface area contributed by atoms with Crippen LogP contribution < -0.4 is 5.32 Å². The number of rotatable bonds is 6. The number of carbonyl (C=O) groups is 1. The van der Waals surface area contributed by atoms with Crippen molar-refractivity contribution in [1.82, 2.24) is 0 Å². The van der Waals surface area contributed by atoms with Crippen molar-refractivity contribution in [2.24, 2.45) is 10.2 Å². The second kappa shape index (κ2) is 9.47. The number of aromatic hydroxyl groups is 1. The average molecular weight is 528 g/mol. The normalized spacial score (nSPS) is 12.2. The van der Waals surface area contributed by atoms with E-state index in [-0.39, 0.29) is 27.5 Å². The van der Waals surface area contributed by atoms with E-state index in [0.29, 0.717) is 10.8 Å². The molecule has 0 atom stereocenters. The Morgan fingerprint density at radius 3 is 2.08 bits per heavy atom. The number of hydrogen-bond acceptors (Lipinski definition) is 8. The molecule has 0 saturated carbocycles. The standard InChI is InChI=1S/C23H17N3O8S2/c27-22-20(23(28)24-16-5-3-6-18(13-16)36(32,33)34)12-14-4-1-2-7-19(14)21(22)26-25-15-8-10-17(11-9-15)35(29,30)31/h1-13,27H,(H,24,28)(H,29,30,31)(H,32,33,34). The summed E-state index contributed by atoms with van der Waals surface area (Å²) in [7, 11) is -8.87. The molecule has 0 spiro atoms. The fourth-order valence-electron chi connectivity index (χ4n) is 3.32. The van der Waals surface area contributed by atoms with Crippen molar-refractivity contribution in [3.05, 3.63) is 84.4 Å². The highest BCUT2D eigenvalue weighted by Crippen LogP contribution is 2.39. The summed E-state index contributed by atoms with van der Waals surface area (Å²) in [6.45, 7) is 0. The highest BCUT2D eigenvalue weighted by Gasteiger charge is 2.19. The Morgan fingerprint density at radius 2 is 1.42 bits per heavy atom. The maximum Gasteiger partial charge on any atom is 0.294 e. The van der Waals surface area contributed by atoms with Crippen LogP contribution in [0, 0.1) is 0 Å². The molecule has 36 heavy (non-hydrogen) atoms. The van der Waals surface area contributed by atoms with Gasteiger partial charge in [0.1, 0.15) is 5.69 Å². The second-order valence-corrected chi connectivity index (χ2v) is 10.3. The van der Waals surface area contributed by atoms with Gasteiger partial charge in [-0.2, -0.15) is 21.9 Å². The molecule has 184 valence electrons. The molecule has 0 saturated heterocycles. The van der Waals surface area contributed by atoms with E-state index < -0.39 is 36.8 Å². The van der Waals surface area contributed by atoms with Gasteiger partial charge in [0.2, 0.25) is 0 Å². The highest BCUT2D eigenvalue weighted by atomic mass is 32.2. The number of fused-ring (bicyclic) bond motifs is 1. The number of azo groups is 1. The van der Waals surface area contributed by atoms with E-state index in [9.17, 15) is 31.3 Å². The Balaban J connectivity index is 1.73. The van der Waals surface area contributed by atoms with Crippen LogP contribution in [0.5, 0.6) is 5.75 Å². The molecular formula is C23H17N3O8S2. The van der Waals surface area contributed by atoms with E-state index in [1.165, 1.54) is 30.3 Å². The Labute approximate surface area is 205 Å². The summed E-state index contributed by atoms with van der Waals surface area (Å²) < 4.78 is 63.5. The zero-order valence-electron chi connectivity index (χ0n) is 18.1. The third kappa shape index (κ3) is 5.39. The van der Waals surface area contributed by atoms with Crippen LogP contribution >= 0.6 is 0 Å². The molecule has 0 aliphatic carbocycles. The number of amides is 1. The first kappa shape index (κ1) is 24.9. The molecule has 11 nitrogen and oxygen atoms in total. The number of hydrogen-bond donors (Lipinski definition) is 4. The predicted molar refractivity (Wildman–Crippen MR) is 130 cm³/mol. The summed E-state index contributed by atoms with van der Waals surface area (Å²) in [5.41, 5.74) is 0.0537. The number of phenols is 1. The minimum absolute atomic E-state index is 0.0382. The third-order valence-corrected chi connectivity index (χ3v) is 6.75. The summed E-state index contributed by atoms with van der Waals surface area (Å²) in [4.78, 5) is 12.2. The van der Waals surface area contributed by atoms with E-state index in [0.717, 1.165) is 24.3 Å². The third-order valence-electron chi connectivity index (χ3n) is 5.03.